The van der Waals surface area contributed by atoms with Crippen LogP contribution in [0, 0.1) is 5.92 Å². The van der Waals surface area contributed by atoms with Gasteiger partial charge in [-0.2, -0.15) is 0 Å². The van der Waals surface area contributed by atoms with E-state index in [0.29, 0.717) is 32.5 Å². The van der Waals surface area contributed by atoms with Crippen LogP contribution in [0.1, 0.15) is 32.1 Å². The van der Waals surface area contributed by atoms with Crippen LogP contribution in [0.5, 0.6) is 0 Å². The molecule has 0 amide bonds. The highest BCUT2D eigenvalue weighted by Gasteiger charge is 2.22. The van der Waals surface area contributed by atoms with E-state index in [9.17, 15) is 0 Å². The van der Waals surface area contributed by atoms with Crippen molar-refractivity contribution in [1.29, 1.82) is 0 Å². The average Bonchev–Trinajstić information content (AvgIpc) is 2.43. The molecule has 0 spiro atoms. The lowest BCUT2D eigenvalue weighted by molar-refractivity contribution is 0.0139. The first-order chi connectivity index (χ1) is 8.88. The number of nitrogens with one attached hydrogen (secondary N) is 1. The van der Waals surface area contributed by atoms with Crippen LogP contribution < -0.4 is 5.32 Å². The van der Waals surface area contributed by atoms with Crippen LogP contribution in [0.4, 0.5) is 0 Å². The molecule has 1 atom stereocenters. The van der Waals surface area contributed by atoms with Crippen molar-refractivity contribution in [2.24, 2.45) is 5.92 Å². The second-order valence-corrected chi connectivity index (χ2v) is 4.97. The fourth-order valence-electron chi connectivity index (χ4n) is 2.56. The van der Waals surface area contributed by atoms with Gasteiger partial charge in [-0.3, -0.25) is 0 Å². The molecule has 1 saturated carbocycles. The van der Waals surface area contributed by atoms with E-state index in [-0.39, 0.29) is 0 Å². The van der Waals surface area contributed by atoms with Crippen LogP contribution in [0.3, 0.4) is 0 Å². The van der Waals surface area contributed by atoms with E-state index in [2.05, 4.69) is 5.32 Å². The smallest absolute Gasteiger partial charge is 0.0701 e. The molecule has 108 valence electrons. The van der Waals surface area contributed by atoms with Gasteiger partial charge < -0.3 is 19.5 Å². The first-order valence-electron chi connectivity index (χ1n) is 7.20. The number of hydrogen-bond acceptors (Lipinski definition) is 4. The quantitative estimate of drug-likeness (QED) is 0.608. The van der Waals surface area contributed by atoms with Gasteiger partial charge in [0.1, 0.15) is 0 Å². The molecule has 1 N–H and O–H groups in total. The van der Waals surface area contributed by atoms with Crippen molar-refractivity contribution in [3.8, 4) is 0 Å². The molecule has 0 radical (unpaired) electrons. The lowest BCUT2D eigenvalue weighted by Gasteiger charge is -2.29. The van der Waals surface area contributed by atoms with Gasteiger partial charge in [0.25, 0.3) is 0 Å². The number of ether oxygens (including phenoxy) is 3. The van der Waals surface area contributed by atoms with Crippen LogP contribution in [0.2, 0.25) is 0 Å². The first-order valence-corrected chi connectivity index (χ1v) is 7.20. The second-order valence-electron chi connectivity index (χ2n) is 4.97. The molecule has 0 aromatic heterocycles. The van der Waals surface area contributed by atoms with E-state index >= 15 is 0 Å². The van der Waals surface area contributed by atoms with Crippen molar-refractivity contribution >= 4 is 0 Å². The summed E-state index contributed by atoms with van der Waals surface area (Å²) < 4.78 is 16.0. The maximum Gasteiger partial charge on any atom is 0.0701 e. The molecule has 18 heavy (non-hydrogen) atoms. The lowest BCUT2D eigenvalue weighted by atomic mass is 9.84. The summed E-state index contributed by atoms with van der Waals surface area (Å²) in [6, 6.07) is 0.504. The summed E-state index contributed by atoms with van der Waals surface area (Å²) in [5.74, 6) is 0.790. The maximum atomic E-state index is 5.69. The monoisotopic (exact) mass is 259 g/mol. The fourth-order valence-corrected chi connectivity index (χ4v) is 2.56. The molecule has 1 rings (SSSR count). The Balaban J connectivity index is 2.00. The van der Waals surface area contributed by atoms with Crippen LogP contribution in [0.25, 0.3) is 0 Å². The van der Waals surface area contributed by atoms with Crippen molar-refractivity contribution in [2.45, 2.75) is 38.1 Å². The van der Waals surface area contributed by atoms with Crippen LogP contribution in [0.15, 0.2) is 0 Å². The van der Waals surface area contributed by atoms with Crippen LogP contribution in [-0.2, 0) is 14.2 Å². The van der Waals surface area contributed by atoms with E-state index < -0.39 is 0 Å². The summed E-state index contributed by atoms with van der Waals surface area (Å²) in [4.78, 5) is 0. The molecule has 0 bridgehead atoms. The van der Waals surface area contributed by atoms with E-state index in [4.69, 9.17) is 14.2 Å². The third-order valence-corrected chi connectivity index (χ3v) is 3.69. The van der Waals surface area contributed by atoms with E-state index in [0.717, 1.165) is 12.5 Å². The molecule has 1 aliphatic carbocycles. The van der Waals surface area contributed by atoms with Gasteiger partial charge in [0.15, 0.2) is 0 Å². The highest BCUT2D eigenvalue weighted by Crippen LogP contribution is 2.26. The number of hydrogen-bond donors (Lipinski definition) is 1. The molecule has 1 aliphatic rings. The van der Waals surface area contributed by atoms with E-state index in [1.165, 1.54) is 32.1 Å². The van der Waals surface area contributed by atoms with Crippen molar-refractivity contribution in [3.05, 3.63) is 0 Å². The van der Waals surface area contributed by atoms with Crippen molar-refractivity contribution in [1.82, 2.24) is 5.32 Å². The zero-order valence-electron chi connectivity index (χ0n) is 12.0. The molecule has 0 aromatic carbocycles. The molecule has 0 aromatic rings. The minimum atomic E-state index is 0.504. The van der Waals surface area contributed by atoms with Gasteiger partial charge in [-0.1, -0.05) is 19.3 Å². The maximum absolute atomic E-state index is 5.69. The Bertz CT molecular complexity index is 184. The minimum absolute atomic E-state index is 0.504. The molecule has 4 nitrogen and oxygen atoms in total. The summed E-state index contributed by atoms with van der Waals surface area (Å²) in [6.45, 7) is 3.44. The molecule has 0 aliphatic heterocycles. The van der Waals surface area contributed by atoms with Crippen LogP contribution in [-0.4, -0.2) is 53.2 Å². The van der Waals surface area contributed by atoms with Gasteiger partial charge in [0.2, 0.25) is 0 Å². The third-order valence-electron chi connectivity index (χ3n) is 3.69. The van der Waals surface area contributed by atoms with E-state index in [1.54, 1.807) is 7.11 Å². The van der Waals surface area contributed by atoms with Crippen molar-refractivity contribution in [3.63, 3.8) is 0 Å². The van der Waals surface area contributed by atoms with Crippen molar-refractivity contribution < 1.29 is 14.2 Å². The van der Waals surface area contributed by atoms with E-state index in [1.807, 2.05) is 7.05 Å². The molecule has 1 unspecified atom stereocenters. The van der Waals surface area contributed by atoms with Gasteiger partial charge >= 0.3 is 0 Å². The topological polar surface area (TPSA) is 39.7 Å². The van der Waals surface area contributed by atoms with Crippen LogP contribution >= 0.6 is 0 Å². The Morgan fingerprint density at radius 2 is 1.67 bits per heavy atom. The predicted molar refractivity (Wildman–Crippen MR) is 72.9 cm³/mol. The highest BCUT2D eigenvalue weighted by molar-refractivity contribution is 4.77. The Morgan fingerprint density at radius 3 is 2.33 bits per heavy atom. The Kier molecular flexibility index (Phi) is 9.48. The lowest BCUT2D eigenvalue weighted by Crippen LogP contribution is -2.39. The number of methoxy groups -OCH3 is 1. The van der Waals surface area contributed by atoms with Crippen molar-refractivity contribution in [2.75, 3.05) is 47.2 Å². The van der Waals surface area contributed by atoms with Gasteiger partial charge in [0.05, 0.1) is 33.0 Å². The predicted octanol–water partition coefficient (Wildman–Crippen LogP) is 1.83. The summed E-state index contributed by atoms with van der Waals surface area (Å²) in [6.07, 6.45) is 6.85. The zero-order valence-corrected chi connectivity index (χ0v) is 12.0. The summed E-state index contributed by atoms with van der Waals surface area (Å²) >= 11 is 0. The number of likely N-dealkylation sites (N-methyl/N-ethyl adjacent to an activating group) is 1. The first kappa shape index (κ1) is 15.9. The summed E-state index contributed by atoms with van der Waals surface area (Å²) in [5.41, 5.74) is 0. The SMILES string of the molecule is CNC(COCCOCCOC)C1CCCCC1. The molecule has 0 heterocycles. The third kappa shape index (κ3) is 6.69. The highest BCUT2D eigenvalue weighted by atomic mass is 16.5. The largest absolute Gasteiger partial charge is 0.382 e. The second kappa shape index (κ2) is 10.7. The average molecular weight is 259 g/mol. The zero-order chi connectivity index (χ0) is 13.1. The number of rotatable bonds is 10. The fraction of sp³-hybridized carbons (Fsp3) is 1.00. The molecule has 1 fully saturated rings. The Hall–Kier alpha value is -0.160. The molecule has 0 saturated heterocycles. The van der Waals surface area contributed by atoms with Gasteiger partial charge in [-0.25, -0.2) is 0 Å². The van der Waals surface area contributed by atoms with Gasteiger partial charge in [-0.15, -0.1) is 0 Å². The Labute approximate surface area is 111 Å². The standard InChI is InChI=1S/C14H29NO3/c1-15-14(13-6-4-3-5-7-13)12-18-11-10-17-9-8-16-2/h13-15H,3-12H2,1-2H3. The molecular weight excluding hydrogens is 230 g/mol. The summed E-state index contributed by atoms with van der Waals surface area (Å²) in [5, 5.41) is 3.40. The Morgan fingerprint density at radius 1 is 1.00 bits per heavy atom. The van der Waals surface area contributed by atoms with Gasteiger partial charge in [-0.05, 0) is 25.8 Å². The molecular formula is C14H29NO3. The minimum Gasteiger partial charge on any atom is -0.382 e. The normalized spacial score (nSPS) is 19.0. The van der Waals surface area contributed by atoms with Gasteiger partial charge in [0, 0.05) is 13.2 Å². The summed E-state index contributed by atoms with van der Waals surface area (Å²) in [7, 11) is 3.72. The molecule has 4 heteroatoms.